The lowest BCUT2D eigenvalue weighted by atomic mass is 9.85. The molecule has 4 atom stereocenters. The molecule has 1 N–H and O–H groups in total. The summed E-state index contributed by atoms with van der Waals surface area (Å²) < 4.78 is 0. The molecule has 0 spiro atoms. The van der Waals surface area contributed by atoms with E-state index in [2.05, 4.69) is 57.0 Å². The molecule has 2 aliphatic rings. The molecular weight excluding hydrogens is 234 g/mol. The minimum absolute atomic E-state index is 0.464. The van der Waals surface area contributed by atoms with Crippen molar-refractivity contribution in [2.24, 2.45) is 17.3 Å². The van der Waals surface area contributed by atoms with Gasteiger partial charge < -0.3 is 15.1 Å². The molecule has 0 amide bonds. The summed E-state index contributed by atoms with van der Waals surface area (Å²) in [5.74, 6) is 1.63. The lowest BCUT2D eigenvalue weighted by Crippen LogP contribution is -2.44. The number of likely N-dealkylation sites (N-methyl/N-ethyl adjacent to an activating group) is 1. The van der Waals surface area contributed by atoms with E-state index in [0.717, 1.165) is 17.9 Å². The van der Waals surface area contributed by atoms with Crippen molar-refractivity contribution >= 4 is 0 Å². The second-order valence-electron chi connectivity index (χ2n) is 7.78. The zero-order valence-corrected chi connectivity index (χ0v) is 13.7. The standard InChI is InChI=1S/C16H33N3/c1-12-9-19(11-14(12)18(5)6)10-13-7-8-16(2,3)15(13)17-4/h12-15,17H,7-11H2,1-6H3. The Morgan fingerprint density at radius 3 is 2.47 bits per heavy atom. The first-order chi connectivity index (χ1) is 8.85. The molecule has 1 saturated heterocycles. The zero-order valence-electron chi connectivity index (χ0n) is 13.7. The van der Waals surface area contributed by atoms with Crippen LogP contribution in [-0.2, 0) is 0 Å². The van der Waals surface area contributed by atoms with Crippen molar-refractivity contribution in [3.05, 3.63) is 0 Å². The van der Waals surface area contributed by atoms with E-state index in [4.69, 9.17) is 0 Å². The third-order valence-electron chi connectivity index (χ3n) is 5.59. The van der Waals surface area contributed by atoms with Crippen LogP contribution < -0.4 is 5.32 Å². The molecule has 19 heavy (non-hydrogen) atoms. The van der Waals surface area contributed by atoms with Crippen LogP contribution in [0, 0.1) is 17.3 Å². The van der Waals surface area contributed by atoms with Crippen molar-refractivity contribution in [2.45, 2.75) is 45.7 Å². The van der Waals surface area contributed by atoms with E-state index in [9.17, 15) is 0 Å². The fourth-order valence-electron chi connectivity index (χ4n) is 4.54. The first-order valence-electron chi connectivity index (χ1n) is 7.91. The van der Waals surface area contributed by atoms with Gasteiger partial charge in [0.2, 0.25) is 0 Å². The van der Waals surface area contributed by atoms with Crippen molar-refractivity contribution in [3.63, 3.8) is 0 Å². The van der Waals surface area contributed by atoms with Gasteiger partial charge >= 0.3 is 0 Å². The summed E-state index contributed by atoms with van der Waals surface area (Å²) in [6.45, 7) is 11.0. The number of nitrogens with zero attached hydrogens (tertiary/aromatic N) is 2. The molecule has 2 rings (SSSR count). The fraction of sp³-hybridized carbons (Fsp3) is 1.00. The Hall–Kier alpha value is -0.120. The molecule has 0 radical (unpaired) electrons. The first-order valence-corrected chi connectivity index (χ1v) is 7.91. The predicted molar refractivity (Wildman–Crippen MR) is 82.4 cm³/mol. The van der Waals surface area contributed by atoms with E-state index in [1.165, 1.54) is 32.5 Å². The lowest BCUT2D eigenvalue weighted by molar-refractivity contribution is 0.200. The van der Waals surface area contributed by atoms with Crippen LogP contribution >= 0.6 is 0 Å². The molecule has 0 aromatic carbocycles. The molecule has 0 aromatic heterocycles. The highest BCUT2D eigenvalue weighted by molar-refractivity contribution is 4.98. The molecule has 3 heteroatoms. The zero-order chi connectivity index (χ0) is 14.2. The van der Waals surface area contributed by atoms with E-state index in [1.807, 2.05) is 0 Å². The fourth-order valence-corrected chi connectivity index (χ4v) is 4.54. The quantitative estimate of drug-likeness (QED) is 0.839. The molecular formula is C16H33N3. The molecule has 0 bridgehead atoms. The van der Waals surface area contributed by atoms with Crippen LogP contribution in [0.5, 0.6) is 0 Å². The van der Waals surface area contributed by atoms with Crippen molar-refractivity contribution in [2.75, 3.05) is 40.8 Å². The van der Waals surface area contributed by atoms with Crippen molar-refractivity contribution < 1.29 is 0 Å². The third kappa shape index (κ3) is 3.14. The van der Waals surface area contributed by atoms with E-state index in [1.54, 1.807) is 0 Å². The topological polar surface area (TPSA) is 18.5 Å². The van der Waals surface area contributed by atoms with Gasteiger partial charge in [-0.15, -0.1) is 0 Å². The molecule has 1 heterocycles. The lowest BCUT2D eigenvalue weighted by Gasteiger charge is -2.32. The molecule has 1 aliphatic heterocycles. The molecule has 1 saturated carbocycles. The average Bonchev–Trinajstić information content (AvgIpc) is 2.80. The molecule has 2 fully saturated rings. The van der Waals surface area contributed by atoms with E-state index in [-0.39, 0.29) is 0 Å². The Bertz CT molecular complexity index is 300. The number of nitrogens with one attached hydrogen (secondary N) is 1. The van der Waals surface area contributed by atoms with Gasteiger partial charge in [-0.2, -0.15) is 0 Å². The highest BCUT2D eigenvalue weighted by Crippen LogP contribution is 2.41. The highest BCUT2D eigenvalue weighted by atomic mass is 15.2. The van der Waals surface area contributed by atoms with Crippen molar-refractivity contribution in [3.8, 4) is 0 Å². The summed E-state index contributed by atoms with van der Waals surface area (Å²) in [5, 5.41) is 3.59. The minimum Gasteiger partial charge on any atom is -0.316 e. The maximum absolute atomic E-state index is 3.59. The van der Waals surface area contributed by atoms with Crippen LogP contribution in [0.1, 0.15) is 33.6 Å². The van der Waals surface area contributed by atoms with Crippen LogP contribution in [-0.4, -0.2) is 62.7 Å². The van der Waals surface area contributed by atoms with Crippen molar-refractivity contribution in [1.82, 2.24) is 15.1 Å². The van der Waals surface area contributed by atoms with Gasteiger partial charge in [0.15, 0.2) is 0 Å². The normalized spacial score (nSPS) is 39.3. The highest BCUT2D eigenvalue weighted by Gasteiger charge is 2.42. The van der Waals surface area contributed by atoms with Gasteiger partial charge in [0.1, 0.15) is 0 Å². The molecule has 1 aliphatic carbocycles. The minimum atomic E-state index is 0.464. The summed E-state index contributed by atoms with van der Waals surface area (Å²) in [5.41, 5.74) is 0.464. The first kappa shape index (κ1) is 15.3. The van der Waals surface area contributed by atoms with Crippen LogP contribution in [0.3, 0.4) is 0 Å². The largest absolute Gasteiger partial charge is 0.316 e. The third-order valence-corrected chi connectivity index (χ3v) is 5.59. The number of rotatable bonds is 4. The molecule has 0 aromatic rings. The molecule has 4 unspecified atom stereocenters. The van der Waals surface area contributed by atoms with Crippen LogP contribution in [0.15, 0.2) is 0 Å². The van der Waals surface area contributed by atoms with Gasteiger partial charge in [0, 0.05) is 31.7 Å². The van der Waals surface area contributed by atoms with Crippen LogP contribution in [0.2, 0.25) is 0 Å². The maximum Gasteiger partial charge on any atom is 0.0254 e. The van der Waals surface area contributed by atoms with E-state index in [0.29, 0.717) is 11.5 Å². The predicted octanol–water partition coefficient (Wildman–Crippen LogP) is 1.89. The van der Waals surface area contributed by atoms with Gasteiger partial charge in [-0.1, -0.05) is 20.8 Å². The number of hydrogen-bond donors (Lipinski definition) is 1. The summed E-state index contributed by atoms with van der Waals surface area (Å²) in [6, 6.07) is 1.42. The van der Waals surface area contributed by atoms with Gasteiger partial charge in [-0.25, -0.2) is 0 Å². The Morgan fingerprint density at radius 2 is 1.95 bits per heavy atom. The number of likely N-dealkylation sites (tertiary alicyclic amines) is 1. The van der Waals surface area contributed by atoms with Gasteiger partial charge in [-0.3, -0.25) is 0 Å². The smallest absolute Gasteiger partial charge is 0.0254 e. The van der Waals surface area contributed by atoms with Gasteiger partial charge in [-0.05, 0) is 51.2 Å². The number of hydrogen-bond acceptors (Lipinski definition) is 3. The molecule has 3 nitrogen and oxygen atoms in total. The Kier molecular flexibility index (Phi) is 4.59. The summed E-state index contributed by atoms with van der Waals surface area (Å²) in [6.07, 6.45) is 2.75. The van der Waals surface area contributed by atoms with Gasteiger partial charge in [0.05, 0.1) is 0 Å². The average molecular weight is 267 g/mol. The monoisotopic (exact) mass is 267 g/mol. The second-order valence-corrected chi connectivity index (χ2v) is 7.78. The van der Waals surface area contributed by atoms with E-state index >= 15 is 0 Å². The Labute approximate surface area is 119 Å². The SMILES string of the molecule is CNC1C(CN2CC(C)C(N(C)C)C2)CCC1(C)C. The summed E-state index contributed by atoms with van der Waals surface area (Å²) >= 11 is 0. The van der Waals surface area contributed by atoms with Gasteiger partial charge in [0.25, 0.3) is 0 Å². The second kappa shape index (κ2) is 5.71. The van der Waals surface area contributed by atoms with Crippen LogP contribution in [0.4, 0.5) is 0 Å². The molecule has 112 valence electrons. The Balaban J connectivity index is 1.92. The summed E-state index contributed by atoms with van der Waals surface area (Å²) in [4.78, 5) is 5.10. The van der Waals surface area contributed by atoms with Crippen molar-refractivity contribution in [1.29, 1.82) is 0 Å². The van der Waals surface area contributed by atoms with E-state index < -0.39 is 0 Å². The summed E-state index contributed by atoms with van der Waals surface area (Å²) in [7, 11) is 6.58. The van der Waals surface area contributed by atoms with Crippen LogP contribution in [0.25, 0.3) is 0 Å². The maximum atomic E-state index is 3.59. The Morgan fingerprint density at radius 1 is 1.26 bits per heavy atom.